The van der Waals surface area contributed by atoms with Gasteiger partial charge in [-0.05, 0) is 36.8 Å². The summed E-state index contributed by atoms with van der Waals surface area (Å²) >= 11 is 0. The molecule has 152 valence electrons. The largest absolute Gasteiger partial charge is 0.375 e. The van der Waals surface area contributed by atoms with Crippen molar-refractivity contribution in [2.24, 2.45) is 0 Å². The highest BCUT2D eigenvalue weighted by Crippen LogP contribution is 2.19. The molecule has 29 heavy (non-hydrogen) atoms. The van der Waals surface area contributed by atoms with Crippen LogP contribution in [0, 0.1) is 0 Å². The lowest BCUT2D eigenvalue weighted by atomic mass is 10.0. The van der Waals surface area contributed by atoms with Crippen molar-refractivity contribution in [2.75, 3.05) is 19.7 Å². The van der Waals surface area contributed by atoms with Gasteiger partial charge in [-0.1, -0.05) is 44.2 Å². The van der Waals surface area contributed by atoms with E-state index in [1.54, 1.807) is 4.52 Å². The summed E-state index contributed by atoms with van der Waals surface area (Å²) in [5.74, 6) is 0.616. The highest BCUT2D eigenvalue weighted by atomic mass is 16.5. The highest BCUT2D eigenvalue weighted by molar-refractivity contribution is 5.93. The summed E-state index contributed by atoms with van der Waals surface area (Å²) in [6.07, 6.45) is 4.54. The first-order valence-electron chi connectivity index (χ1n) is 10.3. The summed E-state index contributed by atoms with van der Waals surface area (Å²) in [5.41, 5.74) is 2.70. The van der Waals surface area contributed by atoms with Crippen LogP contribution in [0.25, 0.3) is 5.78 Å². The van der Waals surface area contributed by atoms with E-state index >= 15 is 0 Å². The van der Waals surface area contributed by atoms with Crippen LogP contribution in [0.3, 0.4) is 0 Å². The molecule has 0 aliphatic carbocycles. The van der Waals surface area contributed by atoms with Crippen molar-refractivity contribution in [1.82, 2.24) is 24.5 Å². The summed E-state index contributed by atoms with van der Waals surface area (Å²) < 4.78 is 7.61. The Morgan fingerprint density at radius 1 is 1.28 bits per heavy atom. The predicted octanol–water partition coefficient (Wildman–Crippen LogP) is 3.11. The van der Waals surface area contributed by atoms with Crippen LogP contribution in [0.15, 0.2) is 42.7 Å². The molecule has 3 heterocycles. The van der Waals surface area contributed by atoms with Crippen molar-refractivity contribution in [3.05, 3.63) is 59.7 Å². The molecule has 2 aromatic heterocycles. The topological polar surface area (TPSA) is 72.6 Å². The fourth-order valence-corrected chi connectivity index (χ4v) is 3.77. The van der Waals surface area contributed by atoms with Gasteiger partial charge in [0.05, 0.1) is 18.4 Å². The van der Waals surface area contributed by atoms with Crippen LogP contribution < -0.4 is 0 Å². The summed E-state index contributed by atoms with van der Waals surface area (Å²) in [6.45, 7) is 5.89. The third-order valence-corrected chi connectivity index (χ3v) is 5.35. The highest BCUT2D eigenvalue weighted by Gasteiger charge is 2.26. The monoisotopic (exact) mass is 393 g/mol. The Balaban J connectivity index is 1.41. The number of hydrogen-bond acceptors (Lipinski definition) is 5. The molecule has 7 heteroatoms. The lowest BCUT2D eigenvalue weighted by Gasteiger charge is -2.33. The molecule has 0 bridgehead atoms. The Kier molecular flexibility index (Phi) is 5.85. The minimum absolute atomic E-state index is 0.0613. The zero-order valence-electron chi connectivity index (χ0n) is 17.0. The average molecular weight is 393 g/mol. The van der Waals surface area contributed by atoms with Gasteiger partial charge in [-0.25, -0.2) is 9.50 Å². The van der Waals surface area contributed by atoms with Gasteiger partial charge < -0.3 is 9.64 Å². The van der Waals surface area contributed by atoms with Gasteiger partial charge in [0.15, 0.2) is 0 Å². The number of nitrogens with zero attached hydrogens (tertiary/aromatic N) is 5. The Bertz CT molecular complexity index is 970. The number of hydrogen-bond donors (Lipinski definition) is 0. The number of aromatic nitrogens is 4. The molecule has 1 aromatic carbocycles. The molecule has 0 spiro atoms. The van der Waals surface area contributed by atoms with Gasteiger partial charge in [0.2, 0.25) is 0 Å². The van der Waals surface area contributed by atoms with Crippen LogP contribution in [0.2, 0.25) is 0 Å². The fraction of sp³-hybridized carbons (Fsp3) is 0.455. The number of benzene rings is 1. The van der Waals surface area contributed by atoms with E-state index in [9.17, 15) is 4.79 Å². The Morgan fingerprint density at radius 2 is 2.10 bits per heavy atom. The summed E-state index contributed by atoms with van der Waals surface area (Å²) in [5, 5.41) is 4.22. The third kappa shape index (κ3) is 4.45. The molecular weight excluding hydrogens is 366 g/mol. The molecular formula is C22H27N5O2. The van der Waals surface area contributed by atoms with Gasteiger partial charge in [-0.3, -0.25) is 4.79 Å². The minimum Gasteiger partial charge on any atom is -0.375 e. The number of carbonyl (C=O) groups excluding carboxylic acids is 1. The summed E-state index contributed by atoms with van der Waals surface area (Å²) in [7, 11) is 0. The maximum Gasteiger partial charge on any atom is 0.272 e. The van der Waals surface area contributed by atoms with E-state index in [0.717, 1.165) is 25.0 Å². The van der Waals surface area contributed by atoms with E-state index in [2.05, 4.69) is 53.2 Å². The van der Waals surface area contributed by atoms with Crippen molar-refractivity contribution in [1.29, 1.82) is 0 Å². The van der Waals surface area contributed by atoms with Gasteiger partial charge in [0, 0.05) is 13.1 Å². The molecule has 0 N–H and O–H groups in total. The Hall–Kier alpha value is -2.80. The number of rotatable bonds is 6. The molecule has 1 amide bonds. The number of morpholine rings is 1. The lowest BCUT2D eigenvalue weighted by Crippen LogP contribution is -2.46. The molecule has 1 aliphatic rings. The van der Waals surface area contributed by atoms with E-state index in [1.807, 2.05) is 17.0 Å². The average Bonchev–Trinajstić information content (AvgIpc) is 3.22. The van der Waals surface area contributed by atoms with Crippen molar-refractivity contribution in [2.45, 2.75) is 45.1 Å². The molecule has 1 aliphatic heterocycles. The molecule has 1 saturated heterocycles. The van der Waals surface area contributed by atoms with Gasteiger partial charge in [0.1, 0.15) is 12.0 Å². The van der Waals surface area contributed by atoms with E-state index in [1.165, 1.54) is 11.9 Å². The standard InChI is InChI=1S/C22H27N5O2/c1-16(2)20-13-19(25-22-23-15-24-27(20)22)21(28)26-11-12-29-18(14-26)10-6-9-17-7-4-3-5-8-17/h3-5,7-8,13,15-16,18H,6,9-12,14H2,1-2H3. The number of carbonyl (C=O) groups is 1. The van der Waals surface area contributed by atoms with Crippen LogP contribution in [0.1, 0.15) is 54.4 Å². The van der Waals surface area contributed by atoms with Gasteiger partial charge >= 0.3 is 0 Å². The quantitative estimate of drug-likeness (QED) is 0.643. The third-order valence-electron chi connectivity index (χ3n) is 5.35. The van der Waals surface area contributed by atoms with Gasteiger partial charge in [-0.15, -0.1) is 0 Å². The van der Waals surface area contributed by atoms with Crippen molar-refractivity contribution < 1.29 is 9.53 Å². The molecule has 4 rings (SSSR count). The van der Waals surface area contributed by atoms with Crippen molar-refractivity contribution in [3.63, 3.8) is 0 Å². The van der Waals surface area contributed by atoms with Gasteiger partial charge in [0.25, 0.3) is 11.7 Å². The zero-order valence-corrected chi connectivity index (χ0v) is 17.0. The first-order chi connectivity index (χ1) is 14.1. The van der Waals surface area contributed by atoms with Crippen LogP contribution in [-0.4, -0.2) is 56.2 Å². The number of aryl methyl sites for hydroxylation is 1. The van der Waals surface area contributed by atoms with E-state index < -0.39 is 0 Å². The van der Waals surface area contributed by atoms with E-state index in [-0.39, 0.29) is 17.9 Å². The maximum atomic E-state index is 13.1. The normalized spacial score (nSPS) is 17.2. The summed E-state index contributed by atoms with van der Waals surface area (Å²) in [6, 6.07) is 12.3. The van der Waals surface area contributed by atoms with E-state index in [0.29, 0.717) is 31.2 Å². The fourth-order valence-electron chi connectivity index (χ4n) is 3.77. The Labute approximate surface area is 170 Å². The lowest BCUT2D eigenvalue weighted by molar-refractivity contribution is -0.0256. The van der Waals surface area contributed by atoms with E-state index in [4.69, 9.17) is 4.74 Å². The first kappa shape index (κ1) is 19.5. The smallest absolute Gasteiger partial charge is 0.272 e. The molecule has 1 fully saturated rings. The number of fused-ring (bicyclic) bond motifs is 1. The molecule has 1 unspecified atom stereocenters. The molecule has 0 saturated carbocycles. The summed E-state index contributed by atoms with van der Waals surface area (Å²) in [4.78, 5) is 23.6. The van der Waals surface area contributed by atoms with Crippen LogP contribution in [0.4, 0.5) is 0 Å². The van der Waals surface area contributed by atoms with Crippen LogP contribution >= 0.6 is 0 Å². The zero-order chi connectivity index (χ0) is 20.2. The Morgan fingerprint density at radius 3 is 2.90 bits per heavy atom. The van der Waals surface area contributed by atoms with Crippen LogP contribution in [-0.2, 0) is 11.2 Å². The second-order valence-electron chi connectivity index (χ2n) is 7.81. The SMILES string of the molecule is CC(C)c1cc(C(=O)N2CCOC(CCCc3ccccc3)C2)nc2ncnn12. The van der Waals surface area contributed by atoms with Crippen molar-refractivity contribution in [3.8, 4) is 0 Å². The molecule has 0 radical (unpaired) electrons. The second kappa shape index (κ2) is 8.69. The molecule has 3 aromatic rings. The number of amides is 1. The van der Waals surface area contributed by atoms with Crippen LogP contribution in [0.5, 0.6) is 0 Å². The minimum atomic E-state index is -0.0613. The first-order valence-corrected chi connectivity index (χ1v) is 10.3. The second-order valence-corrected chi connectivity index (χ2v) is 7.81. The molecule has 1 atom stereocenters. The molecule has 7 nitrogen and oxygen atoms in total. The maximum absolute atomic E-state index is 13.1. The van der Waals surface area contributed by atoms with Gasteiger partial charge in [-0.2, -0.15) is 10.1 Å². The predicted molar refractivity (Wildman–Crippen MR) is 110 cm³/mol. The number of ether oxygens (including phenoxy) is 1. The van der Waals surface area contributed by atoms with Crippen molar-refractivity contribution >= 4 is 11.7 Å².